The number of nitrogens with one attached hydrogen (secondary N) is 1. The molecule has 1 aromatic heterocycles. The zero-order valence-corrected chi connectivity index (χ0v) is 13.6. The van der Waals surface area contributed by atoms with Gasteiger partial charge in [-0.2, -0.15) is 5.10 Å². The van der Waals surface area contributed by atoms with E-state index in [0.29, 0.717) is 5.56 Å². The lowest BCUT2D eigenvalue weighted by Crippen LogP contribution is -2.38. The monoisotopic (exact) mass is 319 g/mol. The van der Waals surface area contributed by atoms with E-state index < -0.39 is 5.60 Å². The average molecular weight is 319 g/mol. The van der Waals surface area contributed by atoms with Crippen LogP contribution in [-0.4, -0.2) is 27.3 Å². The minimum absolute atomic E-state index is 0.0288. The molecule has 2 atom stereocenters. The van der Waals surface area contributed by atoms with Gasteiger partial charge in [-0.05, 0) is 30.5 Å². The highest BCUT2D eigenvalue weighted by atomic mass is 19.1. The van der Waals surface area contributed by atoms with E-state index in [2.05, 4.69) is 10.4 Å². The van der Waals surface area contributed by atoms with Crippen LogP contribution >= 0.6 is 0 Å². The van der Waals surface area contributed by atoms with Crippen LogP contribution in [0.15, 0.2) is 36.7 Å². The predicted molar refractivity (Wildman–Crippen MR) is 85.2 cm³/mol. The molecule has 0 aliphatic carbocycles. The van der Waals surface area contributed by atoms with Crippen molar-refractivity contribution >= 4 is 5.91 Å². The van der Waals surface area contributed by atoms with Gasteiger partial charge in [-0.3, -0.25) is 9.48 Å². The Morgan fingerprint density at radius 1 is 1.43 bits per heavy atom. The lowest BCUT2D eigenvalue weighted by Gasteiger charge is -2.22. The van der Waals surface area contributed by atoms with Gasteiger partial charge >= 0.3 is 0 Å². The van der Waals surface area contributed by atoms with Crippen molar-refractivity contribution in [1.29, 1.82) is 0 Å². The Hall–Kier alpha value is -2.21. The maximum atomic E-state index is 12.9. The third kappa shape index (κ3) is 4.63. The highest BCUT2D eigenvalue weighted by Gasteiger charge is 2.25. The Kier molecular flexibility index (Phi) is 5.15. The first-order chi connectivity index (χ1) is 10.8. The first kappa shape index (κ1) is 17.1. The Morgan fingerprint density at radius 2 is 2.09 bits per heavy atom. The molecule has 0 saturated heterocycles. The molecule has 0 radical (unpaired) electrons. The predicted octanol–water partition coefficient (Wildman–Crippen LogP) is 2.08. The Morgan fingerprint density at radius 3 is 2.65 bits per heavy atom. The topological polar surface area (TPSA) is 67.2 Å². The molecule has 0 spiro atoms. The zero-order chi connectivity index (χ0) is 17.0. The summed E-state index contributed by atoms with van der Waals surface area (Å²) >= 11 is 0. The molecule has 2 unspecified atom stereocenters. The molecule has 1 amide bonds. The van der Waals surface area contributed by atoms with E-state index in [1.54, 1.807) is 43.2 Å². The molecule has 23 heavy (non-hydrogen) atoms. The van der Waals surface area contributed by atoms with Crippen molar-refractivity contribution in [2.45, 2.75) is 31.8 Å². The van der Waals surface area contributed by atoms with Crippen LogP contribution in [0.5, 0.6) is 0 Å². The van der Waals surface area contributed by atoms with Crippen molar-refractivity contribution in [3.63, 3.8) is 0 Å². The Balaban J connectivity index is 1.88. The lowest BCUT2D eigenvalue weighted by molar-refractivity contribution is -0.122. The first-order valence-electron chi connectivity index (χ1n) is 7.51. The van der Waals surface area contributed by atoms with Gasteiger partial charge in [0, 0.05) is 25.2 Å². The van der Waals surface area contributed by atoms with Crippen LogP contribution < -0.4 is 5.32 Å². The number of aromatic nitrogens is 2. The van der Waals surface area contributed by atoms with E-state index in [4.69, 9.17) is 0 Å². The molecule has 124 valence electrons. The zero-order valence-electron chi connectivity index (χ0n) is 13.6. The molecule has 1 aromatic carbocycles. The summed E-state index contributed by atoms with van der Waals surface area (Å²) in [6, 6.07) is 6.13. The van der Waals surface area contributed by atoms with Gasteiger partial charge in [0.1, 0.15) is 11.4 Å². The summed E-state index contributed by atoms with van der Waals surface area (Å²) in [4.78, 5) is 12.1. The standard InChI is InChI=1S/C17H22FN3O2/c1-12(13-4-6-15(18)7-5-13)8-16(22)19-11-17(2,23)14-9-20-21(3)10-14/h4-7,9-10,12,23H,8,11H2,1-3H3,(H,19,22). The number of halogens is 1. The highest BCUT2D eigenvalue weighted by Crippen LogP contribution is 2.21. The summed E-state index contributed by atoms with van der Waals surface area (Å²) in [5.74, 6) is -0.483. The van der Waals surface area contributed by atoms with Crippen LogP contribution in [0, 0.1) is 5.82 Å². The summed E-state index contributed by atoms with van der Waals surface area (Å²) < 4.78 is 14.5. The smallest absolute Gasteiger partial charge is 0.220 e. The summed E-state index contributed by atoms with van der Waals surface area (Å²) in [5, 5.41) is 17.2. The van der Waals surface area contributed by atoms with Crippen LogP contribution in [0.1, 0.15) is 37.3 Å². The number of hydrogen-bond acceptors (Lipinski definition) is 3. The Bertz CT molecular complexity index is 665. The van der Waals surface area contributed by atoms with Crippen molar-refractivity contribution < 1.29 is 14.3 Å². The van der Waals surface area contributed by atoms with Crippen molar-refractivity contribution in [3.05, 3.63) is 53.6 Å². The largest absolute Gasteiger partial charge is 0.383 e. The third-order valence-electron chi connectivity index (χ3n) is 3.89. The molecule has 2 N–H and O–H groups in total. The lowest BCUT2D eigenvalue weighted by atomic mass is 9.96. The molecule has 1 heterocycles. The van der Waals surface area contributed by atoms with Crippen molar-refractivity contribution in [2.75, 3.05) is 6.54 Å². The highest BCUT2D eigenvalue weighted by molar-refractivity contribution is 5.76. The van der Waals surface area contributed by atoms with E-state index in [-0.39, 0.29) is 30.6 Å². The van der Waals surface area contributed by atoms with Crippen molar-refractivity contribution in [2.24, 2.45) is 7.05 Å². The van der Waals surface area contributed by atoms with Gasteiger partial charge in [-0.15, -0.1) is 0 Å². The van der Waals surface area contributed by atoms with E-state index in [9.17, 15) is 14.3 Å². The molecule has 6 heteroatoms. The number of carbonyl (C=O) groups excluding carboxylic acids is 1. The van der Waals surface area contributed by atoms with Crippen molar-refractivity contribution in [1.82, 2.24) is 15.1 Å². The molecular formula is C17H22FN3O2. The summed E-state index contributed by atoms with van der Waals surface area (Å²) in [6.07, 6.45) is 3.56. The molecule has 0 aliphatic rings. The number of carbonyl (C=O) groups is 1. The van der Waals surface area contributed by atoms with Gasteiger partial charge in [0.2, 0.25) is 5.91 Å². The molecule has 0 saturated carbocycles. The second-order valence-electron chi connectivity index (χ2n) is 6.11. The van der Waals surface area contributed by atoms with Crippen LogP contribution in [0.25, 0.3) is 0 Å². The first-order valence-corrected chi connectivity index (χ1v) is 7.51. The van der Waals surface area contributed by atoms with Gasteiger partial charge < -0.3 is 10.4 Å². The number of benzene rings is 1. The summed E-state index contributed by atoms with van der Waals surface area (Å²) in [5.41, 5.74) is 0.371. The fourth-order valence-electron chi connectivity index (χ4n) is 2.33. The summed E-state index contributed by atoms with van der Waals surface area (Å²) in [6.45, 7) is 3.65. The fraction of sp³-hybridized carbons (Fsp3) is 0.412. The molecular weight excluding hydrogens is 297 g/mol. The van der Waals surface area contributed by atoms with Crippen LogP contribution in [0.3, 0.4) is 0 Å². The number of aryl methyl sites for hydroxylation is 1. The maximum Gasteiger partial charge on any atom is 0.220 e. The minimum Gasteiger partial charge on any atom is -0.383 e. The van der Waals surface area contributed by atoms with Gasteiger partial charge in [0.15, 0.2) is 0 Å². The second kappa shape index (κ2) is 6.91. The SMILES string of the molecule is CC(CC(=O)NCC(C)(O)c1cnn(C)c1)c1ccc(F)cc1. The van der Waals surface area contributed by atoms with Gasteiger partial charge in [-0.25, -0.2) is 4.39 Å². The van der Waals surface area contributed by atoms with Crippen molar-refractivity contribution in [3.8, 4) is 0 Å². The van der Waals surface area contributed by atoms with Gasteiger partial charge in [-0.1, -0.05) is 19.1 Å². The normalized spacial score (nSPS) is 15.0. The van der Waals surface area contributed by atoms with E-state index in [1.165, 1.54) is 12.1 Å². The van der Waals surface area contributed by atoms with Crippen LogP contribution in [0.2, 0.25) is 0 Å². The minimum atomic E-state index is -1.18. The van der Waals surface area contributed by atoms with E-state index >= 15 is 0 Å². The van der Waals surface area contributed by atoms with Crippen LogP contribution in [-0.2, 0) is 17.4 Å². The van der Waals surface area contributed by atoms with Crippen LogP contribution in [0.4, 0.5) is 4.39 Å². The number of nitrogens with zero attached hydrogens (tertiary/aromatic N) is 2. The number of amides is 1. The quantitative estimate of drug-likeness (QED) is 0.856. The number of aliphatic hydroxyl groups is 1. The van der Waals surface area contributed by atoms with Gasteiger partial charge in [0.05, 0.1) is 12.7 Å². The number of rotatable bonds is 6. The molecule has 5 nitrogen and oxygen atoms in total. The molecule has 0 bridgehead atoms. The molecule has 2 rings (SSSR count). The van der Waals surface area contributed by atoms with E-state index in [1.807, 2.05) is 6.92 Å². The average Bonchev–Trinajstić information content (AvgIpc) is 2.93. The number of hydrogen-bond donors (Lipinski definition) is 2. The third-order valence-corrected chi connectivity index (χ3v) is 3.89. The maximum absolute atomic E-state index is 12.9. The Labute approximate surface area is 135 Å². The fourth-order valence-corrected chi connectivity index (χ4v) is 2.33. The molecule has 2 aromatic rings. The van der Waals surface area contributed by atoms with Gasteiger partial charge in [0.25, 0.3) is 0 Å². The molecule has 0 aliphatic heterocycles. The van der Waals surface area contributed by atoms with E-state index in [0.717, 1.165) is 5.56 Å². The molecule has 0 fully saturated rings. The summed E-state index contributed by atoms with van der Waals surface area (Å²) in [7, 11) is 1.77. The second-order valence-corrected chi connectivity index (χ2v) is 6.11.